The van der Waals surface area contributed by atoms with Crippen LogP contribution >= 0.6 is 0 Å². The molecule has 3 aromatic carbocycles. The van der Waals surface area contributed by atoms with Gasteiger partial charge in [0, 0.05) is 31.2 Å². The molecule has 1 heterocycles. The van der Waals surface area contributed by atoms with Gasteiger partial charge >= 0.3 is 0 Å². The van der Waals surface area contributed by atoms with Crippen LogP contribution < -0.4 is 15.4 Å². The first-order valence-corrected chi connectivity index (χ1v) is 13.1. The quantitative estimate of drug-likeness (QED) is 0.498. The van der Waals surface area contributed by atoms with Crippen molar-refractivity contribution in [3.63, 3.8) is 0 Å². The summed E-state index contributed by atoms with van der Waals surface area (Å²) in [7, 11) is -3.62. The Morgan fingerprint density at radius 3 is 2.34 bits per heavy atom. The maximum atomic E-state index is 13.2. The van der Waals surface area contributed by atoms with E-state index in [1.54, 1.807) is 36.4 Å². The summed E-state index contributed by atoms with van der Waals surface area (Å²) in [5.41, 5.74) is 0.617. The number of hydrogen-bond acceptors (Lipinski definition) is 5. The van der Waals surface area contributed by atoms with E-state index in [-0.39, 0.29) is 29.2 Å². The van der Waals surface area contributed by atoms with Crippen LogP contribution in [0.5, 0.6) is 5.75 Å². The third kappa shape index (κ3) is 5.98. The van der Waals surface area contributed by atoms with E-state index < -0.39 is 10.0 Å². The van der Waals surface area contributed by atoms with Crippen LogP contribution in [0.25, 0.3) is 10.8 Å². The Kier molecular flexibility index (Phi) is 7.67. The molecule has 1 fully saturated rings. The van der Waals surface area contributed by atoms with Gasteiger partial charge < -0.3 is 15.4 Å². The minimum Gasteiger partial charge on any atom is -0.484 e. The first-order valence-electron chi connectivity index (χ1n) is 11.7. The molecule has 0 radical (unpaired) electrons. The number of piperidine rings is 1. The van der Waals surface area contributed by atoms with Gasteiger partial charge in [0.2, 0.25) is 15.9 Å². The van der Waals surface area contributed by atoms with Gasteiger partial charge in [0.15, 0.2) is 6.61 Å². The molecule has 35 heavy (non-hydrogen) atoms. The molecule has 3 aromatic rings. The standard InChI is InChI=1S/C26H29N3O5S/c1-2-27-25(30)18-34-23-10-8-22(9-11-23)28-26(31)20-13-15-29(16-14-20)35(32,33)24-12-7-19-5-3-4-6-21(19)17-24/h3-12,17,20H,2,13-16,18H2,1H3,(H,27,30)(H,28,31). The summed E-state index contributed by atoms with van der Waals surface area (Å²) in [6.45, 7) is 2.89. The van der Waals surface area contributed by atoms with Gasteiger partial charge in [0.25, 0.3) is 5.91 Å². The molecule has 184 valence electrons. The van der Waals surface area contributed by atoms with Gasteiger partial charge in [0.05, 0.1) is 4.90 Å². The molecular weight excluding hydrogens is 466 g/mol. The Bertz CT molecular complexity index is 1300. The number of carbonyl (C=O) groups is 2. The molecule has 8 nitrogen and oxygen atoms in total. The minimum absolute atomic E-state index is 0.0692. The van der Waals surface area contributed by atoms with E-state index in [2.05, 4.69) is 10.6 Å². The Labute approximate surface area is 205 Å². The van der Waals surface area contributed by atoms with E-state index in [9.17, 15) is 18.0 Å². The maximum absolute atomic E-state index is 13.2. The number of ether oxygens (including phenoxy) is 1. The second kappa shape index (κ2) is 10.9. The van der Waals surface area contributed by atoms with Crippen LogP contribution in [0.3, 0.4) is 0 Å². The van der Waals surface area contributed by atoms with Crippen LogP contribution in [0.1, 0.15) is 19.8 Å². The monoisotopic (exact) mass is 495 g/mol. The zero-order valence-electron chi connectivity index (χ0n) is 19.6. The molecular formula is C26H29N3O5S. The number of nitrogens with one attached hydrogen (secondary N) is 2. The lowest BCUT2D eigenvalue weighted by atomic mass is 9.97. The molecule has 1 aliphatic rings. The fourth-order valence-corrected chi connectivity index (χ4v) is 5.62. The summed E-state index contributed by atoms with van der Waals surface area (Å²) < 4.78 is 33.2. The van der Waals surface area contributed by atoms with Gasteiger partial charge in [-0.2, -0.15) is 4.31 Å². The van der Waals surface area contributed by atoms with Gasteiger partial charge in [-0.05, 0) is 66.9 Å². The van der Waals surface area contributed by atoms with Gasteiger partial charge in [-0.3, -0.25) is 9.59 Å². The van der Waals surface area contributed by atoms with Crippen LogP contribution in [-0.2, 0) is 19.6 Å². The molecule has 1 aliphatic heterocycles. The Morgan fingerprint density at radius 2 is 1.66 bits per heavy atom. The molecule has 0 aromatic heterocycles. The zero-order valence-corrected chi connectivity index (χ0v) is 20.4. The second-order valence-electron chi connectivity index (χ2n) is 8.44. The number of likely N-dealkylation sites (N-methyl/N-ethyl adjacent to an activating group) is 1. The maximum Gasteiger partial charge on any atom is 0.257 e. The largest absolute Gasteiger partial charge is 0.484 e. The summed E-state index contributed by atoms with van der Waals surface area (Å²) in [5, 5.41) is 7.41. The smallest absolute Gasteiger partial charge is 0.257 e. The molecule has 0 unspecified atom stereocenters. The van der Waals surface area contributed by atoms with Crippen LogP contribution in [0.15, 0.2) is 71.6 Å². The average molecular weight is 496 g/mol. The van der Waals surface area contributed by atoms with Crippen molar-refractivity contribution in [1.82, 2.24) is 9.62 Å². The lowest BCUT2D eigenvalue weighted by molar-refractivity contribution is -0.123. The highest BCUT2D eigenvalue weighted by Gasteiger charge is 2.32. The van der Waals surface area contributed by atoms with Crippen molar-refractivity contribution in [3.05, 3.63) is 66.7 Å². The number of rotatable bonds is 8. The van der Waals surface area contributed by atoms with Crippen molar-refractivity contribution in [2.75, 3.05) is 31.6 Å². The second-order valence-corrected chi connectivity index (χ2v) is 10.4. The number of carbonyl (C=O) groups excluding carboxylic acids is 2. The van der Waals surface area contributed by atoms with Crippen LogP contribution in [0, 0.1) is 5.92 Å². The fraction of sp³-hybridized carbons (Fsp3) is 0.308. The summed E-state index contributed by atoms with van der Waals surface area (Å²) in [4.78, 5) is 24.5. The normalized spacial score (nSPS) is 15.0. The van der Waals surface area contributed by atoms with Crippen LogP contribution in [0.2, 0.25) is 0 Å². The van der Waals surface area contributed by atoms with Gasteiger partial charge in [-0.25, -0.2) is 8.42 Å². The zero-order chi connectivity index (χ0) is 24.8. The van der Waals surface area contributed by atoms with Crippen molar-refractivity contribution < 1.29 is 22.7 Å². The van der Waals surface area contributed by atoms with Gasteiger partial charge in [-0.1, -0.05) is 30.3 Å². The lowest BCUT2D eigenvalue weighted by Crippen LogP contribution is -2.41. The van der Waals surface area contributed by atoms with E-state index in [4.69, 9.17) is 4.74 Å². The Hall–Kier alpha value is -3.43. The Morgan fingerprint density at radius 1 is 0.971 bits per heavy atom. The SMILES string of the molecule is CCNC(=O)COc1ccc(NC(=O)C2CCN(S(=O)(=O)c3ccc4ccccc4c3)CC2)cc1. The predicted molar refractivity (Wildman–Crippen MR) is 135 cm³/mol. The molecule has 0 bridgehead atoms. The molecule has 2 amide bonds. The van der Waals surface area contributed by atoms with Crippen LogP contribution in [0.4, 0.5) is 5.69 Å². The number of nitrogens with zero attached hydrogens (tertiary/aromatic N) is 1. The molecule has 1 saturated heterocycles. The first-order chi connectivity index (χ1) is 16.9. The summed E-state index contributed by atoms with van der Waals surface area (Å²) in [6, 6.07) is 19.6. The summed E-state index contributed by atoms with van der Waals surface area (Å²) in [5.74, 6) is -0.0734. The average Bonchev–Trinajstić information content (AvgIpc) is 2.88. The van der Waals surface area contributed by atoms with Crippen molar-refractivity contribution in [2.45, 2.75) is 24.7 Å². The summed E-state index contributed by atoms with van der Waals surface area (Å²) >= 11 is 0. The third-order valence-electron chi connectivity index (χ3n) is 6.05. The van der Waals surface area contributed by atoms with Crippen molar-refractivity contribution in [3.8, 4) is 5.75 Å². The highest BCUT2D eigenvalue weighted by molar-refractivity contribution is 7.89. The van der Waals surface area contributed by atoms with Crippen LogP contribution in [-0.4, -0.2) is 50.8 Å². The summed E-state index contributed by atoms with van der Waals surface area (Å²) in [6.07, 6.45) is 0.902. The number of amides is 2. The van der Waals surface area contributed by atoms with Gasteiger partial charge in [0.1, 0.15) is 5.75 Å². The molecule has 0 saturated carbocycles. The van der Waals surface area contributed by atoms with E-state index >= 15 is 0 Å². The molecule has 2 N–H and O–H groups in total. The predicted octanol–water partition coefficient (Wildman–Crippen LogP) is 3.39. The number of hydrogen-bond donors (Lipinski definition) is 2. The Balaban J connectivity index is 1.31. The fourth-order valence-electron chi connectivity index (χ4n) is 4.11. The third-order valence-corrected chi connectivity index (χ3v) is 7.94. The number of sulfonamides is 1. The highest BCUT2D eigenvalue weighted by Crippen LogP contribution is 2.27. The highest BCUT2D eigenvalue weighted by atomic mass is 32.2. The number of anilines is 1. The molecule has 0 spiro atoms. The van der Waals surface area contributed by atoms with E-state index in [0.717, 1.165) is 10.8 Å². The lowest BCUT2D eigenvalue weighted by Gasteiger charge is -2.30. The number of benzene rings is 3. The van der Waals surface area contributed by atoms with Crippen molar-refractivity contribution in [1.29, 1.82) is 0 Å². The van der Waals surface area contributed by atoms with Gasteiger partial charge in [-0.15, -0.1) is 0 Å². The van der Waals surface area contributed by atoms with Crippen molar-refractivity contribution >= 4 is 38.3 Å². The molecule has 0 atom stereocenters. The topological polar surface area (TPSA) is 105 Å². The van der Waals surface area contributed by atoms with Crippen molar-refractivity contribution in [2.24, 2.45) is 5.92 Å². The van der Waals surface area contributed by atoms with E-state index in [1.807, 2.05) is 37.3 Å². The first kappa shape index (κ1) is 24.7. The molecule has 4 rings (SSSR count). The molecule has 0 aliphatic carbocycles. The molecule has 9 heteroatoms. The minimum atomic E-state index is -3.62. The van der Waals surface area contributed by atoms with E-state index in [0.29, 0.717) is 43.9 Å². The number of fused-ring (bicyclic) bond motifs is 1. The van der Waals surface area contributed by atoms with E-state index in [1.165, 1.54) is 4.31 Å².